The molecule has 7 nitrogen and oxygen atoms in total. The molecule has 3 aromatic rings. The molecule has 0 unspecified atom stereocenters. The Kier molecular flexibility index (Phi) is 5.73. The van der Waals surface area contributed by atoms with Crippen molar-refractivity contribution in [3.63, 3.8) is 0 Å². The molecule has 0 saturated heterocycles. The van der Waals surface area contributed by atoms with Crippen molar-refractivity contribution in [1.29, 1.82) is 0 Å². The minimum absolute atomic E-state index is 0.0443. The molecule has 30 heavy (non-hydrogen) atoms. The number of hydrogen-bond acceptors (Lipinski definition) is 6. The standard InChI is InChI=1S/C21H21ClN2O5S/c1-27-17-7-10-20(28-2)19(12-17)21-11-15(23-29-21)13-24(16-5-6-16)30(25,26)18-8-3-14(22)4-9-18/h3-4,7-12,16H,5-6,13H2,1-2H3. The number of benzene rings is 2. The Balaban J connectivity index is 1.63. The van der Waals surface area contributed by atoms with Gasteiger partial charge in [-0.05, 0) is 55.3 Å². The van der Waals surface area contributed by atoms with Gasteiger partial charge >= 0.3 is 0 Å². The zero-order valence-corrected chi connectivity index (χ0v) is 18.1. The van der Waals surface area contributed by atoms with E-state index in [1.807, 2.05) is 0 Å². The number of methoxy groups -OCH3 is 2. The lowest BCUT2D eigenvalue weighted by Crippen LogP contribution is -2.32. The van der Waals surface area contributed by atoms with Gasteiger partial charge in [-0.1, -0.05) is 16.8 Å². The first-order chi connectivity index (χ1) is 14.4. The van der Waals surface area contributed by atoms with Crippen LogP contribution < -0.4 is 9.47 Å². The number of nitrogens with zero attached hydrogens (tertiary/aromatic N) is 2. The van der Waals surface area contributed by atoms with Crippen LogP contribution >= 0.6 is 11.6 Å². The molecule has 0 radical (unpaired) electrons. The van der Waals surface area contributed by atoms with Gasteiger partial charge in [0.25, 0.3) is 0 Å². The van der Waals surface area contributed by atoms with Crippen LogP contribution in [0.25, 0.3) is 11.3 Å². The fourth-order valence-corrected chi connectivity index (χ4v) is 4.98. The number of rotatable bonds is 8. The molecule has 4 rings (SSSR count). The van der Waals surface area contributed by atoms with E-state index in [9.17, 15) is 8.42 Å². The van der Waals surface area contributed by atoms with Crippen molar-refractivity contribution in [2.45, 2.75) is 30.3 Å². The summed E-state index contributed by atoms with van der Waals surface area (Å²) < 4.78 is 44.0. The summed E-state index contributed by atoms with van der Waals surface area (Å²) >= 11 is 5.90. The predicted molar refractivity (Wildman–Crippen MR) is 112 cm³/mol. The molecule has 1 heterocycles. The van der Waals surface area contributed by atoms with E-state index in [1.165, 1.54) is 16.4 Å². The third kappa shape index (κ3) is 4.16. The number of hydrogen-bond donors (Lipinski definition) is 0. The molecule has 0 spiro atoms. The van der Waals surface area contributed by atoms with Crippen LogP contribution in [-0.4, -0.2) is 38.1 Å². The zero-order chi connectivity index (χ0) is 21.3. The van der Waals surface area contributed by atoms with Crippen molar-refractivity contribution in [2.75, 3.05) is 14.2 Å². The highest BCUT2D eigenvalue weighted by Crippen LogP contribution is 2.36. The van der Waals surface area contributed by atoms with Gasteiger partial charge in [-0.25, -0.2) is 8.42 Å². The molecule has 1 aromatic heterocycles. The van der Waals surface area contributed by atoms with Crippen LogP contribution in [0.5, 0.6) is 11.5 Å². The fourth-order valence-electron chi connectivity index (χ4n) is 3.19. The minimum atomic E-state index is -3.68. The largest absolute Gasteiger partial charge is 0.497 e. The first-order valence-electron chi connectivity index (χ1n) is 9.38. The highest BCUT2D eigenvalue weighted by atomic mass is 35.5. The first-order valence-corrected chi connectivity index (χ1v) is 11.2. The van der Waals surface area contributed by atoms with Gasteiger partial charge in [-0.3, -0.25) is 0 Å². The van der Waals surface area contributed by atoms with Gasteiger partial charge in [0.1, 0.15) is 11.5 Å². The van der Waals surface area contributed by atoms with Crippen LogP contribution in [0.15, 0.2) is 57.9 Å². The van der Waals surface area contributed by atoms with Gasteiger partial charge in [0.05, 0.1) is 36.9 Å². The van der Waals surface area contributed by atoms with Crippen molar-refractivity contribution in [1.82, 2.24) is 9.46 Å². The topological polar surface area (TPSA) is 81.9 Å². The summed E-state index contributed by atoms with van der Waals surface area (Å²) in [4.78, 5) is 0.206. The SMILES string of the molecule is COc1ccc(OC)c(-c2cc(CN(C3CC3)S(=O)(=O)c3ccc(Cl)cc3)no2)c1. The molecule has 2 aromatic carbocycles. The second-order valence-electron chi connectivity index (χ2n) is 6.98. The molecule has 1 aliphatic rings. The zero-order valence-electron chi connectivity index (χ0n) is 16.5. The summed E-state index contributed by atoms with van der Waals surface area (Å²) in [6.07, 6.45) is 1.64. The maximum Gasteiger partial charge on any atom is 0.243 e. The molecule has 0 bridgehead atoms. The smallest absolute Gasteiger partial charge is 0.243 e. The molecule has 0 N–H and O–H groups in total. The Hall–Kier alpha value is -2.55. The number of halogens is 1. The predicted octanol–water partition coefficient (Wildman–Crippen LogP) is 4.37. The molecule has 9 heteroatoms. The maximum atomic E-state index is 13.2. The quantitative estimate of drug-likeness (QED) is 0.509. The molecule has 0 amide bonds. The molecular formula is C21H21ClN2O5S. The highest BCUT2D eigenvalue weighted by molar-refractivity contribution is 7.89. The average Bonchev–Trinajstić information content (AvgIpc) is 3.48. The van der Waals surface area contributed by atoms with Gasteiger partial charge in [0, 0.05) is 17.1 Å². The van der Waals surface area contributed by atoms with E-state index in [-0.39, 0.29) is 17.5 Å². The van der Waals surface area contributed by atoms with E-state index in [4.69, 9.17) is 25.6 Å². The van der Waals surface area contributed by atoms with Crippen LogP contribution in [0.4, 0.5) is 0 Å². The van der Waals surface area contributed by atoms with E-state index >= 15 is 0 Å². The van der Waals surface area contributed by atoms with Gasteiger partial charge in [0.15, 0.2) is 5.76 Å². The van der Waals surface area contributed by atoms with Crippen LogP contribution in [-0.2, 0) is 16.6 Å². The first kappa shape index (κ1) is 20.7. The highest BCUT2D eigenvalue weighted by Gasteiger charge is 2.38. The van der Waals surface area contributed by atoms with Gasteiger partial charge in [-0.2, -0.15) is 4.31 Å². The summed E-state index contributed by atoms with van der Waals surface area (Å²) in [7, 11) is -0.542. The Morgan fingerprint density at radius 3 is 2.47 bits per heavy atom. The van der Waals surface area contributed by atoms with Gasteiger partial charge < -0.3 is 14.0 Å². The van der Waals surface area contributed by atoms with Gasteiger partial charge in [0.2, 0.25) is 10.0 Å². The second-order valence-corrected chi connectivity index (χ2v) is 9.31. The summed E-state index contributed by atoms with van der Waals surface area (Å²) in [5, 5.41) is 4.58. The van der Waals surface area contributed by atoms with Crippen molar-refractivity contribution < 1.29 is 22.4 Å². The molecule has 0 aliphatic heterocycles. The maximum absolute atomic E-state index is 13.2. The second kappa shape index (κ2) is 8.29. The van der Waals surface area contributed by atoms with Crippen LogP contribution in [0.3, 0.4) is 0 Å². The average molecular weight is 449 g/mol. The lowest BCUT2D eigenvalue weighted by Gasteiger charge is -2.20. The number of aromatic nitrogens is 1. The summed E-state index contributed by atoms with van der Waals surface area (Å²) in [5.74, 6) is 1.72. The van der Waals surface area contributed by atoms with E-state index in [2.05, 4.69) is 5.16 Å². The van der Waals surface area contributed by atoms with Gasteiger partial charge in [-0.15, -0.1) is 0 Å². The van der Waals surface area contributed by atoms with E-state index in [0.717, 1.165) is 12.8 Å². The Morgan fingerprint density at radius 1 is 1.10 bits per heavy atom. The molecular weight excluding hydrogens is 428 g/mol. The van der Waals surface area contributed by atoms with E-state index in [1.54, 1.807) is 50.6 Å². The lowest BCUT2D eigenvalue weighted by atomic mass is 10.1. The summed E-state index contributed by atoms with van der Waals surface area (Å²) in [6.45, 7) is 0.116. The lowest BCUT2D eigenvalue weighted by molar-refractivity contribution is 0.368. The normalized spacial score (nSPS) is 14.1. The molecule has 0 atom stereocenters. The third-order valence-corrected chi connectivity index (χ3v) is 7.09. The van der Waals surface area contributed by atoms with Crippen LogP contribution in [0.1, 0.15) is 18.5 Å². The number of sulfonamides is 1. The Morgan fingerprint density at radius 2 is 1.83 bits per heavy atom. The summed E-state index contributed by atoms with van der Waals surface area (Å²) in [6, 6.07) is 13.2. The minimum Gasteiger partial charge on any atom is -0.497 e. The van der Waals surface area contributed by atoms with Crippen molar-refractivity contribution in [3.8, 4) is 22.8 Å². The van der Waals surface area contributed by atoms with E-state index < -0.39 is 10.0 Å². The molecule has 158 valence electrons. The number of ether oxygens (including phenoxy) is 2. The van der Waals surface area contributed by atoms with Crippen molar-refractivity contribution >= 4 is 21.6 Å². The monoisotopic (exact) mass is 448 g/mol. The van der Waals surface area contributed by atoms with Crippen LogP contribution in [0.2, 0.25) is 5.02 Å². The van der Waals surface area contributed by atoms with Crippen molar-refractivity contribution in [2.24, 2.45) is 0 Å². The van der Waals surface area contributed by atoms with Crippen LogP contribution in [0, 0.1) is 0 Å². The Bertz CT molecular complexity index is 1140. The molecule has 1 saturated carbocycles. The fraction of sp³-hybridized carbons (Fsp3) is 0.286. The third-order valence-electron chi connectivity index (χ3n) is 4.92. The molecule has 1 aliphatic carbocycles. The Labute approximate surface area is 180 Å². The summed E-state index contributed by atoms with van der Waals surface area (Å²) in [5.41, 5.74) is 1.19. The van der Waals surface area contributed by atoms with E-state index in [0.29, 0.717) is 33.5 Å². The van der Waals surface area contributed by atoms with Crippen molar-refractivity contribution in [3.05, 3.63) is 59.2 Å². The molecule has 1 fully saturated rings.